The van der Waals surface area contributed by atoms with E-state index in [2.05, 4.69) is 30.9 Å². The molecule has 33 heavy (non-hydrogen) atoms. The predicted molar refractivity (Wildman–Crippen MR) is 122 cm³/mol. The summed E-state index contributed by atoms with van der Waals surface area (Å²) >= 11 is 11.8. The van der Waals surface area contributed by atoms with Gasteiger partial charge in [0.2, 0.25) is 5.96 Å². The van der Waals surface area contributed by atoms with Crippen molar-refractivity contribution in [1.82, 2.24) is 15.3 Å². The number of aliphatic imine (C=N–C) groups is 1. The van der Waals surface area contributed by atoms with E-state index in [1.807, 2.05) is 0 Å². The molecule has 0 bridgehead atoms. The lowest BCUT2D eigenvalue weighted by atomic mass is 10.2. The molecule has 0 aliphatic carbocycles. The van der Waals surface area contributed by atoms with Crippen molar-refractivity contribution in [2.45, 2.75) is 20.0 Å². The number of hydrogen-bond acceptors (Lipinski definition) is 4. The fourth-order valence-corrected chi connectivity index (χ4v) is 3.00. The van der Waals surface area contributed by atoms with Gasteiger partial charge in [-0.25, -0.2) is 14.8 Å². The molecule has 0 spiro atoms. The van der Waals surface area contributed by atoms with Crippen LogP contribution in [0.25, 0.3) is 0 Å². The Kier molecular flexibility index (Phi) is 7.39. The number of alkyl halides is 3. The molecule has 0 saturated carbocycles. The molecule has 172 valence electrons. The molecule has 2 aromatic carbocycles. The third kappa shape index (κ3) is 7.06. The Morgan fingerprint density at radius 1 is 0.909 bits per heavy atom. The van der Waals surface area contributed by atoms with Crippen molar-refractivity contribution in [3.05, 3.63) is 75.5 Å². The lowest BCUT2D eigenvalue weighted by Crippen LogP contribution is -2.38. The second kappa shape index (κ2) is 10.1. The van der Waals surface area contributed by atoms with Crippen LogP contribution in [0.15, 0.2) is 53.5 Å². The standard InChI is InChI=1S/C21H17Cl2F3N6O/c1-11-8-12(2)28-18(27-11)31-19(29-14-5-3-4-13(9-14)21(24,25)26)32-20(33)30-15-6-7-16(22)17(23)10-15/h3-10H,1-2H3,(H3,27,28,29,30,31,32,33). The first-order chi connectivity index (χ1) is 15.5. The molecule has 3 N–H and O–H groups in total. The van der Waals surface area contributed by atoms with Gasteiger partial charge in [-0.15, -0.1) is 0 Å². The van der Waals surface area contributed by atoms with Crippen molar-refractivity contribution in [1.29, 1.82) is 0 Å². The number of nitrogens with zero attached hydrogens (tertiary/aromatic N) is 3. The van der Waals surface area contributed by atoms with Crippen LogP contribution in [0, 0.1) is 13.8 Å². The Labute approximate surface area is 197 Å². The van der Waals surface area contributed by atoms with Crippen molar-refractivity contribution in [3.8, 4) is 0 Å². The molecule has 7 nitrogen and oxygen atoms in total. The minimum atomic E-state index is -4.54. The number of nitrogens with one attached hydrogen (secondary N) is 3. The van der Waals surface area contributed by atoms with Crippen molar-refractivity contribution in [2.75, 3.05) is 10.6 Å². The number of benzene rings is 2. The van der Waals surface area contributed by atoms with Gasteiger partial charge < -0.3 is 10.6 Å². The summed E-state index contributed by atoms with van der Waals surface area (Å²) in [6, 6.07) is 9.89. The summed E-state index contributed by atoms with van der Waals surface area (Å²) in [6.07, 6.45) is -4.54. The summed E-state index contributed by atoms with van der Waals surface area (Å²) in [5.41, 5.74) is 0.764. The quantitative estimate of drug-likeness (QED) is 0.291. The van der Waals surface area contributed by atoms with Gasteiger partial charge in [-0.1, -0.05) is 29.3 Å². The van der Waals surface area contributed by atoms with Crippen LogP contribution in [-0.2, 0) is 6.18 Å². The van der Waals surface area contributed by atoms with Crippen molar-refractivity contribution < 1.29 is 18.0 Å². The number of carbonyl (C=O) groups is 1. The molecular weight excluding hydrogens is 480 g/mol. The van der Waals surface area contributed by atoms with E-state index in [0.29, 0.717) is 22.1 Å². The van der Waals surface area contributed by atoms with E-state index in [9.17, 15) is 18.0 Å². The molecule has 3 rings (SSSR count). The topological polar surface area (TPSA) is 91.3 Å². The molecule has 3 aromatic rings. The highest BCUT2D eigenvalue weighted by Crippen LogP contribution is 2.30. The minimum Gasteiger partial charge on any atom is -0.326 e. The van der Waals surface area contributed by atoms with E-state index in [-0.39, 0.29) is 22.6 Å². The van der Waals surface area contributed by atoms with Crippen LogP contribution in [-0.4, -0.2) is 22.0 Å². The van der Waals surface area contributed by atoms with Gasteiger partial charge in [0.05, 0.1) is 15.6 Å². The van der Waals surface area contributed by atoms with Gasteiger partial charge in [0.15, 0.2) is 0 Å². The average molecular weight is 497 g/mol. The maximum atomic E-state index is 13.1. The highest BCUT2D eigenvalue weighted by molar-refractivity contribution is 6.42. The molecule has 1 heterocycles. The Morgan fingerprint density at radius 2 is 1.58 bits per heavy atom. The fraction of sp³-hybridized carbons (Fsp3) is 0.143. The van der Waals surface area contributed by atoms with Gasteiger partial charge in [-0.05, 0) is 56.3 Å². The van der Waals surface area contributed by atoms with Crippen LogP contribution in [0.4, 0.5) is 35.3 Å². The number of aromatic nitrogens is 2. The minimum absolute atomic E-state index is 0.0109. The van der Waals surface area contributed by atoms with Crippen LogP contribution < -0.4 is 16.0 Å². The molecule has 0 aliphatic rings. The lowest BCUT2D eigenvalue weighted by molar-refractivity contribution is -0.137. The zero-order valence-electron chi connectivity index (χ0n) is 17.3. The Bertz CT molecular complexity index is 1200. The van der Waals surface area contributed by atoms with Gasteiger partial charge in [-0.2, -0.15) is 18.2 Å². The number of carbonyl (C=O) groups excluding carboxylic acids is 1. The van der Waals surface area contributed by atoms with E-state index in [1.165, 1.54) is 30.3 Å². The van der Waals surface area contributed by atoms with Crippen molar-refractivity contribution in [2.24, 2.45) is 4.99 Å². The third-order valence-electron chi connectivity index (χ3n) is 4.04. The van der Waals surface area contributed by atoms with Crippen molar-refractivity contribution in [3.63, 3.8) is 0 Å². The van der Waals surface area contributed by atoms with Gasteiger partial charge in [0.25, 0.3) is 5.95 Å². The number of urea groups is 1. The number of halogens is 5. The first-order valence-corrected chi connectivity index (χ1v) is 10.1. The Hall–Kier alpha value is -3.37. The maximum Gasteiger partial charge on any atom is 0.416 e. The fourth-order valence-electron chi connectivity index (χ4n) is 2.70. The molecule has 0 saturated heterocycles. The first kappa shape index (κ1) is 24.3. The molecule has 0 unspecified atom stereocenters. The van der Waals surface area contributed by atoms with E-state index in [0.717, 1.165) is 12.1 Å². The average Bonchev–Trinajstić information content (AvgIpc) is 2.69. The summed E-state index contributed by atoms with van der Waals surface area (Å²) in [5, 5.41) is 8.19. The number of amides is 2. The molecule has 0 fully saturated rings. The molecule has 0 atom stereocenters. The third-order valence-corrected chi connectivity index (χ3v) is 4.78. The summed E-state index contributed by atoms with van der Waals surface area (Å²) in [4.78, 5) is 25.0. The summed E-state index contributed by atoms with van der Waals surface area (Å²) in [6.45, 7) is 3.47. The van der Waals surface area contributed by atoms with Gasteiger partial charge in [0, 0.05) is 22.8 Å². The van der Waals surface area contributed by atoms with Crippen LogP contribution >= 0.6 is 23.2 Å². The molecule has 2 amide bonds. The highest BCUT2D eigenvalue weighted by Gasteiger charge is 2.30. The number of rotatable bonds is 3. The number of guanidine groups is 1. The summed E-state index contributed by atoms with van der Waals surface area (Å²) < 4.78 is 39.2. The second-order valence-electron chi connectivity index (χ2n) is 6.82. The normalized spacial score (nSPS) is 11.8. The Morgan fingerprint density at radius 3 is 2.21 bits per heavy atom. The lowest BCUT2D eigenvalue weighted by Gasteiger charge is -2.14. The molecular formula is C21H17Cl2F3N6O. The van der Waals surface area contributed by atoms with Crippen LogP contribution in [0.3, 0.4) is 0 Å². The van der Waals surface area contributed by atoms with E-state index in [1.54, 1.807) is 19.9 Å². The number of aryl methyl sites for hydroxylation is 2. The van der Waals surface area contributed by atoms with E-state index < -0.39 is 17.8 Å². The van der Waals surface area contributed by atoms with E-state index >= 15 is 0 Å². The molecule has 1 aromatic heterocycles. The van der Waals surface area contributed by atoms with Crippen LogP contribution in [0.5, 0.6) is 0 Å². The largest absolute Gasteiger partial charge is 0.416 e. The number of anilines is 2. The van der Waals surface area contributed by atoms with Gasteiger partial charge in [0.1, 0.15) is 0 Å². The number of hydrogen-bond donors (Lipinski definition) is 3. The predicted octanol–water partition coefficient (Wildman–Crippen LogP) is 6.34. The van der Waals surface area contributed by atoms with Gasteiger partial charge in [-0.3, -0.25) is 5.32 Å². The Balaban J connectivity index is 1.89. The van der Waals surface area contributed by atoms with Gasteiger partial charge >= 0.3 is 12.2 Å². The second-order valence-corrected chi connectivity index (χ2v) is 7.64. The van der Waals surface area contributed by atoms with Crippen LogP contribution in [0.1, 0.15) is 17.0 Å². The zero-order chi connectivity index (χ0) is 24.2. The summed E-state index contributed by atoms with van der Waals surface area (Å²) in [5.74, 6) is -0.186. The highest BCUT2D eigenvalue weighted by atomic mass is 35.5. The molecule has 12 heteroatoms. The smallest absolute Gasteiger partial charge is 0.326 e. The SMILES string of the molecule is Cc1cc(C)nc(N=C(NC(=O)Nc2ccc(Cl)c(Cl)c2)Nc2cccc(C(F)(F)F)c2)n1. The zero-order valence-corrected chi connectivity index (χ0v) is 18.8. The van der Waals surface area contributed by atoms with Crippen molar-refractivity contribution >= 4 is 52.5 Å². The monoisotopic (exact) mass is 496 g/mol. The first-order valence-electron chi connectivity index (χ1n) is 9.38. The molecule has 0 radical (unpaired) electrons. The molecule has 0 aliphatic heterocycles. The maximum absolute atomic E-state index is 13.1. The van der Waals surface area contributed by atoms with Crippen LogP contribution in [0.2, 0.25) is 10.0 Å². The summed E-state index contributed by atoms with van der Waals surface area (Å²) in [7, 11) is 0. The van der Waals surface area contributed by atoms with E-state index in [4.69, 9.17) is 23.2 Å².